The number of methoxy groups -OCH3 is 2. The molecule has 0 spiro atoms. The largest absolute Gasteiger partial charge is 0.497 e. The number of carbonyl (C=O) groups is 2. The van der Waals surface area contributed by atoms with Gasteiger partial charge in [0.05, 0.1) is 19.9 Å². The zero-order valence-electron chi connectivity index (χ0n) is 17.7. The maximum Gasteiger partial charge on any atom is 0.313 e. The van der Waals surface area contributed by atoms with Crippen LogP contribution in [0.5, 0.6) is 11.5 Å². The summed E-state index contributed by atoms with van der Waals surface area (Å²) in [7, 11) is 3.01. The van der Waals surface area contributed by atoms with Crippen molar-refractivity contribution in [3.05, 3.63) is 47.5 Å². The molecule has 3 rings (SSSR count). The highest BCUT2D eigenvalue weighted by molar-refractivity contribution is 6.39. The highest BCUT2D eigenvalue weighted by Gasteiger charge is 2.19. The van der Waals surface area contributed by atoms with Gasteiger partial charge in [-0.3, -0.25) is 14.5 Å². The fraction of sp³-hybridized carbons (Fsp3) is 0.364. The van der Waals surface area contributed by atoms with Gasteiger partial charge < -0.3 is 25.0 Å². The molecule has 1 heterocycles. The number of carbonyl (C=O) groups excluding carboxylic acids is 2. The van der Waals surface area contributed by atoms with Crippen LogP contribution in [0, 0.1) is 0 Å². The Kier molecular flexibility index (Phi) is 7.97. The zero-order chi connectivity index (χ0) is 22.2. The Balaban J connectivity index is 1.41. The normalized spacial score (nSPS) is 14.1. The fourth-order valence-corrected chi connectivity index (χ4v) is 3.51. The number of halogens is 1. The van der Waals surface area contributed by atoms with E-state index in [-0.39, 0.29) is 0 Å². The summed E-state index contributed by atoms with van der Waals surface area (Å²) in [4.78, 5) is 29.0. The van der Waals surface area contributed by atoms with E-state index in [1.54, 1.807) is 18.2 Å². The minimum absolute atomic E-state index is 0.375. The quantitative estimate of drug-likeness (QED) is 0.635. The highest BCUT2D eigenvalue weighted by atomic mass is 35.5. The molecule has 2 amide bonds. The lowest BCUT2D eigenvalue weighted by atomic mass is 10.2. The molecular formula is C22H27ClN4O4. The first kappa shape index (κ1) is 22.7. The lowest BCUT2D eigenvalue weighted by Gasteiger charge is -2.36. The summed E-state index contributed by atoms with van der Waals surface area (Å²) in [6, 6.07) is 12.8. The van der Waals surface area contributed by atoms with Crippen molar-refractivity contribution in [2.75, 3.05) is 63.7 Å². The first-order valence-corrected chi connectivity index (χ1v) is 10.4. The number of nitrogens with zero attached hydrogens (tertiary/aromatic N) is 2. The molecule has 31 heavy (non-hydrogen) atoms. The van der Waals surface area contributed by atoms with E-state index < -0.39 is 11.8 Å². The minimum Gasteiger partial charge on any atom is -0.497 e. The van der Waals surface area contributed by atoms with Gasteiger partial charge in [-0.15, -0.1) is 0 Å². The number of piperazine rings is 1. The summed E-state index contributed by atoms with van der Waals surface area (Å²) in [5, 5.41) is 5.97. The second-order valence-electron chi connectivity index (χ2n) is 7.08. The first-order valence-electron chi connectivity index (χ1n) is 10.0. The van der Waals surface area contributed by atoms with Crippen LogP contribution in [0.1, 0.15) is 0 Å². The summed E-state index contributed by atoms with van der Waals surface area (Å²) in [5.41, 5.74) is 1.53. The Morgan fingerprint density at radius 2 is 1.68 bits per heavy atom. The van der Waals surface area contributed by atoms with Crippen molar-refractivity contribution in [3.8, 4) is 11.5 Å². The number of benzene rings is 2. The standard InChI is InChI=1S/C22H27ClN4O4/c1-30-18-7-8-20(31-2)19(15-18)25-22(29)21(28)24-9-10-26-11-13-27(14-12-26)17-5-3-16(23)4-6-17/h3-8,15H,9-14H2,1-2H3,(H,24,28)(H,25,29). The van der Waals surface area contributed by atoms with Crippen molar-refractivity contribution >= 4 is 34.8 Å². The Bertz CT molecular complexity index is 899. The molecule has 0 radical (unpaired) electrons. The minimum atomic E-state index is -0.751. The Morgan fingerprint density at radius 1 is 0.968 bits per heavy atom. The summed E-state index contributed by atoms with van der Waals surface area (Å²) in [6.07, 6.45) is 0. The number of hydrogen-bond acceptors (Lipinski definition) is 6. The summed E-state index contributed by atoms with van der Waals surface area (Å²) in [5.74, 6) is -0.446. The topological polar surface area (TPSA) is 83.1 Å². The Labute approximate surface area is 187 Å². The van der Waals surface area contributed by atoms with Crippen LogP contribution < -0.4 is 25.0 Å². The van der Waals surface area contributed by atoms with Gasteiger partial charge in [-0.1, -0.05) is 11.6 Å². The van der Waals surface area contributed by atoms with Gasteiger partial charge in [-0.25, -0.2) is 0 Å². The number of nitrogens with one attached hydrogen (secondary N) is 2. The maximum atomic E-state index is 12.2. The molecule has 0 unspecified atom stereocenters. The van der Waals surface area contributed by atoms with E-state index in [9.17, 15) is 9.59 Å². The maximum absolute atomic E-state index is 12.2. The van der Waals surface area contributed by atoms with Crippen LogP contribution in [0.3, 0.4) is 0 Å². The number of amides is 2. The predicted octanol–water partition coefficient (Wildman–Crippen LogP) is 2.23. The molecule has 0 aromatic heterocycles. The summed E-state index contributed by atoms with van der Waals surface area (Å²) >= 11 is 5.95. The van der Waals surface area contributed by atoms with Crippen LogP contribution in [-0.2, 0) is 9.59 Å². The third-order valence-corrected chi connectivity index (χ3v) is 5.39. The molecule has 1 aliphatic rings. The van der Waals surface area contributed by atoms with Gasteiger partial charge in [-0.2, -0.15) is 0 Å². The van der Waals surface area contributed by atoms with E-state index in [0.717, 1.165) is 36.9 Å². The second-order valence-corrected chi connectivity index (χ2v) is 7.52. The smallest absolute Gasteiger partial charge is 0.313 e. The number of rotatable bonds is 7. The molecule has 1 aliphatic heterocycles. The number of ether oxygens (including phenoxy) is 2. The molecule has 2 N–H and O–H groups in total. The fourth-order valence-electron chi connectivity index (χ4n) is 3.38. The Hall–Kier alpha value is -2.97. The van der Waals surface area contributed by atoms with E-state index >= 15 is 0 Å². The molecule has 2 aromatic rings. The van der Waals surface area contributed by atoms with Crippen LogP contribution in [0.25, 0.3) is 0 Å². The zero-order valence-corrected chi connectivity index (χ0v) is 18.4. The van der Waals surface area contributed by atoms with Gasteiger partial charge in [0, 0.05) is 56.0 Å². The van der Waals surface area contributed by atoms with Crippen molar-refractivity contribution in [1.82, 2.24) is 10.2 Å². The number of hydrogen-bond donors (Lipinski definition) is 2. The monoisotopic (exact) mass is 446 g/mol. The van der Waals surface area contributed by atoms with Crippen LogP contribution >= 0.6 is 11.6 Å². The molecule has 8 nitrogen and oxygen atoms in total. The molecule has 2 aromatic carbocycles. The molecule has 1 fully saturated rings. The van der Waals surface area contributed by atoms with Crippen LogP contribution in [0.15, 0.2) is 42.5 Å². The summed E-state index contributed by atoms with van der Waals surface area (Å²) < 4.78 is 10.4. The third kappa shape index (κ3) is 6.26. The first-order chi connectivity index (χ1) is 15.0. The van der Waals surface area contributed by atoms with Crippen molar-refractivity contribution in [3.63, 3.8) is 0 Å². The van der Waals surface area contributed by atoms with E-state index in [1.165, 1.54) is 14.2 Å². The molecular weight excluding hydrogens is 420 g/mol. The van der Waals surface area contributed by atoms with Gasteiger partial charge in [0.1, 0.15) is 11.5 Å². The molecule has 0 saturated carbocycles. The van der Waals surface area contributed by atoms with E-state index in [1.807, 2.05) is 24.3 Å². The number of anilines is 2. The lowest BCUT2D eigenvalue weighted by Crippen LogP contribution is -2.49. The van der Waals surface area contributed by atoms with Crippen LogP contribution in [-0.4, -0.2) is 70.2 Å². The van der Waals surface area contributed by atoms with Gasteiger partial charge in [0.25, 0.3) is 0 Å². The van der Waals surface area contributed by atoms with Gasteiger partial charge in [-0.05, 0) is 36.4 Å². The van der Waals surface area contributed by atoms with Gasteiger partial charge in [0.15, 0.2) is 0 Å². The second kappa shape index (κ2) is 10.9. The van der Waals surface area contributed by atoms with Gasteiger partial charge in [0.2, 0.25) is 0 Å². The van der Waals surface area contributed by atoms with Crippen molar-refractivity contribution in [1.29, 1.82) is 0 Å². The molecule has 9 heteroatoms. The molecule has 0 aliphatic carbocycles. The molecule has 166 valence electrons. The summed E-state index contributed by atoms with van der Waals surface area (Å²) in [6.45, 7) is 4.62. The van der Waals surface area contributed by atoms with Crippen molar-refractivity contribution in [2.24, 2.45) is 0 Å². The van der Waals surface area contributed by atoms with E-state index in [4.69, 9.17) is 21.1 Å². The average Bonchev–Trinajstić information content (AvgIpc) is 2.80. The highest BCUT2D eigenvalue weighted by Crippen LogP contribution is 2.28. The third-order valence-electron chi connectivity index (χ3n) is 5.14. The predicted molar refractivity (Wildman–Crippen MR) is 121 cm³/mol. The molecule has 0 atom stereocenters. The lowest BCUT2D eigenvalue weighted by molar-refractivity contribution is -0.136. The average molecular weight is 447 g/mol. The van der Waals surface area contributed by atoms with Crippen molar-refractivity contribution in [2.45, 2.75) is 0 Å². The van der Waals surface area contributed by atoms with Crippen LogP contribution in [0.4, 0.5) is 11.4 Å². The van der Waals surface area contributed by atoms with Crippen molar-refractivity contribution < 1.29 is 19.1 Å². The van der Waals surface area contributed by atoms with E-state index in [2.05, 4.69) is 20.4 Å². The van der Waals surface area contributed by atoms with Gasteiger partial charge >= 0.3 is 11.8 Å². The van der Waals surface area contributed by atoms with Crippen LogP contribution in [0.2, 0.25) is 5.02 Å². The Morgan fingerprint density at radius 3 is 2.32 bits per heavy atom. The molecule has 1 saturated heterocycles. The SMILES string of the molecule is COc1ccc(OC)c(NC(=O)C(=O)NCCN2CCN(c3ccc(Cl)cc3)CC2)c1. The molecule has 0 bridgehead atoms. The van der Waals surface area contributed by atoms with E-state index in [0.29, 0.717) is 30.3 Å².